The lowest BCUT2D eigenvalue weighted by molar-refractivity contribution is 0.297. The summed E-state index contributed by atoms with van der Waals surface area (Å²) in [4.78, 5) is 3.66. The Morgan fingerprint density at radius 1 is 1.46 bits per heavy atom. The van der Waals surface area contributed by atoms with Gasteiger partial charge in [-0.25, -0.2) is 4.98 Å². The molecule has 1 aromatic heterocycles. The first-order chi connectivity index (χ1) is 6.25. The molecule has 0 aliphatic rings. The molecule has 3 nitrogen and oxygen atoms in total. The monoisotopic (exact) mass is 203 g/mol. The largest absolute Gasteiger partial charge is 0.504 e. The van der Waals surface area contributed by atoms with Crippen molar-refractivity contribution in [3.8, 4) is 5.75 Å². The Morgan fingerprint density at radius 3 is 2.62 bits per heavy atom. The van der Waals surface area contributed by atoms with Gasteiger partial charge >= 0.3 is 0 Å². The lowest BCUT2D eigenvalue weighted by Gasteiger charge is -2.01. The Labute approximate surface area is 83.0 Å². The minimum Gasteiger partial charge on any atom is -0.504 e. The van der Waals surface area contributed by atoms with Crippen LogP contribution in [0.4, 0.5) is 0 Å². The summed E-state index contributed by atoms with van der Waals surface area (Å²) < 4.78 is 0. The van der Waals surface area contributed by atoms with Crippen molar-refractivity contribution < 1.29 is 10.2 Å². The number of rotatable bonds is 2. The standard InChI is InChI=1S/C7H8ClNO2.C2H6/c8-7-6(11)5(2-4-10)1-3-9-7;1-2/h1,3,10-11H,2,4H2;1-2H3. The minimum atomic E-state index is -0.0387. The third-order valence-electron chi connectivity index (χ3n) is 1.34. The second-order valence-electron chi connectivity index (χ2n) is 2.08. The summed E-state index contributed by atoms with van der Waals surface area (Å²) in [5, 5.41) is 17.9. The van der Waals surface area contributed by atoms with Crippen molar-refractivity contribution in [3.63, 3.8) is 0 Å². The smallest absolute Gasteiger partial charge is 0.171 e. The number of nitrogens with zero attached hydrogens (tertiary/aromatic N) is 1. The molecule has 0 spiro atoms. The van der Waals surface area contributed by atoms with Crippen LogP contribution < -0.4 is 0 Å². The molecule has 1 rings (SSSR count). The summed E-state index contributed by atoms with van der Waals surface area (Å²) in [6, 6.07) is 1.62. The lowest BCUT2D eigenvalue weighted by atomic mass is 10.2. The van der Waals surface area contributed by atoms with E-state index in [1.807, 2.05) is 13.8 Å². The Bertz CT molecular complexity index is 253. The quantitative estimate of drug-likeness (QED) is 0.723. The van der Waals surface area contributed by atoms with Gasteiger partial charge in [0.05, 0.1) is 0 Å². The van der Waals surface area contributed by atoms with Crippen molar-refractivity contribution in [3.05, 3.63) is 23.0 Å². The van der Waals surface area contributed by atoms with Crippen molar-refractivity contribution in [2.75, 3.05) is 6.61 Å². The molecule has 4 heteroatoms. The van der Waals surface area contributed by atoms with Crippen LogP contribution >= 0.6 is 11.6 Å². The zero-order chi connectivity index (χ0) is 10.3. The van der Waals surface area contributed by atoms with E-state index in [1.54, 1.807) is 6.07 Å². The first kappa shape index (κ1) is 12.2. The summed E-state index contributed by atoms with van der Waals surface area (Å²) in [7, 11) is 0. The predicted molar refractivity (Wildman–Crippen MR) is 53.0 cm³/mol. The highest BCUT2D eigenvalue weighted by molar-refractivity contribution is 6.30. The molecule has 2 N–H and O–H groups in total. The molecule has 0 aliphatic heterocycles. The number of hydrogen-bond acceptors (Lipinski definition) is 3. The Kier molecular flexibility index (Phi) is 6.28. The molecule has 0 saturated carbocycles. The van der Waals surface area contributed by atoms with Gasteiger partial charge in [0.2, 0.25) is 0 Å². The summed E-state index contributed by atoms with van der Waals surface area (Å²) in [6.07, 6.45) is 1.89. The van der Waals surface area contributed by atoms with Gasteiger partial charge in [0, 0.05) is 18.4 Å². The highest BCUT2D eigenvalue weighted by Gasteiger charge is 2.04. The average Bonchev–Trinajstić information content (AvgIpc) is 2.17. The average molecular weight is 204 g/mol. The first-order valence-corrected chi connectivity index (χ1v) is 4.56. The fourth-order valence-electron chi connectivity index (χ4n) is 0.787. The molecule has 0 radical (unpaired) electrons. The maximum absolute atomic E-state index is 9.22. The molecule has 74 valence electrons. The first-order valence-electron chi connectivity index (χ1n) is 4.19. The van der Waals surface area contributed by atoms with E-state index in [-0.39, 0.29) is 17.5 Å². The second-order valence-corrected chi connectivity index (χ2v) is 2.44. The van der Waals surface area contributed by atoms with Gasteiger partial charge in [-0.1, -0.05) is 25.4 Å². The molecular formula is C9H14ClNO2. The van der Waals surface area contributed by atoms with Crippen LogP contribution in [0.25, 0.3) is 0 Å². The maximum atomic E-state index is 9.22. The third-order valence-corrected chi connectivity index (χ3v) is 1.62. The molecule has 0 amide bonds. The molecule has 0 bridgehead atoms. The van der Waals surface area contributed by atoms with Crippen LogP contribution in [-0.4, -0.2) is 21.8 Å². The Balaban J connectivity index is 0.000000671. The maximum Gasteiger partial charge on any atom is 0.171 e. The van der Waals surface area contributed by atoms with Crippen molar-refractivity contribution in [1.82, 2.24) is 4.98 Å². The van der Waals surface area contributed by atoms with Gasteiger partial charge < -0.3 is 10.2 Å². The number of aromatic nitrogens is 1. The topological polar surface area (TPSA) is 53.4 Å². The van der Waals surface area contributed by atoms with Crippen LogP contribution in [-0.2, 0) is 6.42 Å². The molecule has 0 unspecified atom stereocenters. The van der Waals surface area contributed by atoms with E-state index in [0.29, 0.717) is 12.0 Å². The van der Waals surface area contributed by atoms with Gasteiger partial charge in [-0.15, -0.1) is 0 Å². The molecule has 0 aromatic carbocycles. The molecule has 1 aromatic rings. The molecule has 0 atom stereocenters. The van der Waals surface area contributed by atoms with Crippen LogP contribution in [0.15, 0.2) is 12.3 Å². The molecule has 13 heavy (non-hydrogen) atoms. The normalized spacial score (nSPS) is 8.92. The Hall–Kier alpha value is -0.800. The number of pyridine rings is 1. The zero-order valence-corrected chi connectivity index (χ0v) is 8.54. The fraction of sp³-hybridized carbons (Fsp3) is 0.444. The van der Waals surface area contributed by atoms with E-state index in [1.165, 1.54) is 6.20 Å². The summed E-state index contributed by atoms with van der Waals surface area (Å²) >= 11 is 5.51. The highest BCUT2D eigenvalue weighted by Crippen LogP contribution is 2.24. The SMILES string of the molecule is CC.OCCc1ccnc(Cl)c1O. The van der Waals surface area contributed by atoms with Crippen LogP contribution in [0, 0.1) is 0 Å². The van der Waals surface area contributed by atoms with E-state index in [4.69, 9.17) is 16.7 Å². The Morgan fingerprint density at radius 2 is 2.08 bits per heavy atom. The molecule has 0 aliphatic carbocycles. The number of halogens is 1. The van der Waals surface area contributed by atoms with E-state index in [2.05, 4.69) is 4.98 Å². The van der Waals surface area contributed by atoms with Gasteiger partial charge in [-0.05, 0) is 12.5 Å². The van der Waals surface area contributed by atoms with Gasteiger partial charge in [-0.2, -0.15) is 0 Å². The summed E-state index contributed by atoms with van der Waals surface area (Å²) in [5.41, 5.74) is 0.618. The predicted octanol–water partition coefficient (Wildman–Crippen LogP) is 2.00. The number of aliphatic hydroxyl groups is 1. The van der Waals surface area contributed by atoms with E-state index < -0.39 is 0 Å². The number of aliphatic hydroxyl groups excluding tert-OH is 1. The molecule has 0 fully saturated rings. The van der Waals surface area contributed by atoms with Crippen molar-refractivity contribution in [2.45, 2.75) is 20.3 Å². The van der Waals surface area contributed by atoms with E-state index in [9.17, 15) is 5.11 Å². The van der Waals surface area contributed by atoms with Crippen LogP contribution in [0.1, 0.15) is 19.4 Å². The second kappa shape index (κ2) is 6.69. The summed E-state index contributed by atoms with van der Waals surface area (Å²) in [5.74, 6) is -0.0387. The highest BCUT2D eigenvalue weighted by atomic mass is 35.5. The van der Waals surface area contributed by atoms with Crippen LogP contribution in [0.2, 0.25) is 5.15 Å². The fourth-order valence-corrected chi connectivity index (χ4v) is 0.965. The van der Waals surface area contributed by atoms with Gasteiger partial charge in [-0.3, -0.25) is 0 Å². The lowest BCUT2D eigenvalue weighted by Crippen LogP contribution is -1.92. The van der Waals surface area contributed by atoms with Crippen molar-refractivity contribution >= 4 is 11.6 Å². The minimum absolute atomic E-state index is 0.00605. The van der Waals surface area contributed by atoms with Gasteiger partial charge in [0.15, 0.2) is 10.9 Å². The molecular weight excluding hydrogens is 190 g/mol. The van der Waals surface area contributed by atoms with Crippen molar-refractivity contribution in [2.24, 2.45) is 0 Å². The number of aromatic hydroxyl groups is 1. The zero-order valence-electron chi connectivity index (χ0n) is 7.79. The molecule has 0 saturated heterocycles. The third kappa shape index (κ3) is 3.61. The molecule has 1 heterocycles. The van der Waals surface area contributed by atoms with Crippen LogP contribution in [0.5, 0.6) is 5.75 Å². The number of hydrogen-bond donors (Lipinski definition) is 2. The summed E-state index contributed by atoms with van der Waals surface area (Å²) in [6.45, 7) is 3.99. The van der Waals surface area contributed by atoms with Gasteiger partial charge in [0.25, 0.3) is 0 Å². The van der Waals surface area contributed by atoms with E-state index in [0.717, 1.165) is 0 Å². The van der Waals surface area contributed by atoms with E-state index >= 15 is 0 Å². The van der Waals surface area contributed by atoms with Crippen molar-refractivity contribution in [1.29, 1.82) is 0 Å². The van der Waals surface area contributed by atoms with Gasteiger partial charge in [0.1, 0.15) is 0 Å². The van der Waals surface area contributed by atoms with Crippen LogP contribution in [0.3, 0.4) is 0 Å².